The topological polar surface area (TPSA) is 70.0 Å². The first-order chi connectivity index (χ1) is 8.53. The molecule has 18 heavy (non-hydrogen) atoms. The normalized spacial score (nSPS) is 23.8. The second-order valence-electron chi connectivity index (χ2n) is 4.71. The molecule has 4 nitrogen and oxygen atoms in total. The lowest BCUT2D eigenvalue weighted by Crippen LogP contribution is -2.36. The highest BCUT2D eigenvalue weighted by Crippen LogP contribution is 2.26. The van der Waals surface area contributed by atoms with E-state index < -0.39 is 10.0 Å². The van der Waals surface area contributed by atoms with Crippen molar-refractivity contribution in [3.63, 3.8) is 0 Å². The fourth-order valence-electron chi connectivity index (χ4n) is 2.24. The van der Waals surface area contributed by atoms with Gasteiger partial charge in [-0.1, -0.05) is 24.1 Å². The van der Waals surface area contributed by atoms with E-state index in [0.29, 0.717) is 0 Å². The molecular formula is C13H16N2O2S. The number of hydrogen-bond donors (Lipinski definition) is 1. The van der Waals surface area contributed by atoms with Crippen molar-refractivity contribution < 1.29 is 8.42 Å². The van der Waals surface area contributed by atoms with Crippen molar-refractivity contribution in [2.24, 2.45) is 5.92 Å². The van der Waals surface area contributed by atoms with Gasteiger partial charge in [-0.25, -0.2) is 13.1 Å². The minimum atomic E-state index is -3.50. The van der Waals surface area contributed by atoms with E-state index in [9.17, 15) is 8.42 Å². The predicted octanol–water partition coefficient (Wildman–Crippen LogP) is 1.97. The molecule has 2 unspecified atom stereocenters. The summed E-state index contributed by atoms with van der Waals surface area (Å²) in [7, 11) is -3.50. The maximum absolute atomic E-state index is 12.1. The van der Waals surface area contributed by atoms with E-state index in [-0.39, 0.29) is 16.9 Å². The van der Waals surface area contributed by atoms with Gasteiger partial charge in [-0.2, -0.15) is 5.26 Å². The lowest BCUT2D eigenvalue weighted by Gasteiger charge is -2.15. The Balaban J connectivity index is 2.17. The van der Waals surface area contributed by atoms with Crippen LogP contribution < -0.4 is 4.72 Å². The Labute approximate surface area is 108 Å². The minimum Gasteiger partial charge on any atom is -0.207 e. The molecule has 2 rings (SSSR count). The number of benzene rings is 1. The van der Waals surface area contributed by atoms with E-state index in [1.54, 1.807) is 24.3 Å². The number of sulfonamides is 1. The number of nitriles is 1. The lowest BCUT2D eigenvalue weighted by atomic mass is 10.1. The Kier molecular flexibility index (Phi) is 3.69. The van der Waals surface area contributed by atoms with E-state index in [1.165, 1.54) is 0 Å². The minimum absolute atomic E-state index is 0.203. The summed E-state index contributed by atoms with van der Waals surface area (Å²) in [5.74, 6) is -0.203. The summed E-state index contributed by atoms with van der Waals surface area (Å²) in [6, 6.07) is 8.64. The van der Waals surface area contributed by atoms with Crippen molar-refractivity contribution in [3.05, 3.63) is 29.8 Å². The van der Waals surface area contributed by atoms with Crippen molar-refractivity contribution in [1.82, 2.24) is 4.72 Å². The molecule has 0 heterocycles. The monoisotopic (exact) mass is 264 g/mol. The molecule has 1 fully saturated rings. The predicted molar refractivity (Wildman–Crippen MR) is 68.2 cm³/mol. The molecule has 0 bridgehead atoms. The summed E-state index contributed by atoms with van der Waals surface area (Å²) in [6.45, 7) is 1.91. The van der Waals surface area contributed by atoms with E-state index in [2.05, 4.69) is 10.8 Å². The average Bonchev–Trinajstić information content (AvgIpc) is 2.76. The van der Waals surface area contributed by atoms with Crippen molar-refractivity contribution in [2.75, 3.05) is 0 Å². The average molecular weight is 264 g/mol. The SMILES string of the molecule is Cc1ccc(S(=O)(=O)NC2CCCC2C#N)cc1. The molecule has 1 N–H and O–H groups in total. The lowest BCUT2D eigenvalue weighted by molar-refractivity contribution is 0.515. The summed E-state index contributed by atoms with van der Waals surface area (Å²) in [5, 5.41) is 8.96. The first-order valence-electron chi connectivity index (χ1n) is 6.01. The van der Waals surface area contributed by atoms with Crippen molar-refractivity contribution >= 4 is 10.0 Å². The molecular weight excluding hydrogens is 248 g/mol. The van der Waals surface area contributed by atoms with Crippen LogP contribution in [-0.2, 0) is 10.0 Å². The van der Waals surface area contributed by atoms with E-state index in [4.69, 9.17) is 5.26 Å². The summed E-state index contributed by atoms with van der Waals surface area (Å²) in [4.78, 5) is 0.261. The van der Waals surface area contributed by atoms with E-state index in [0.717, 1.165) is 24.8 Å². The van der Waals surface area contributed by atoms with Crippen molar-refractivity contribution in [1.29, 1.82) is 5.26 Å². The number of rotatable bonds is 3. The second kappa shape index (κ2) is 5.09. The second-order valence-corrected chi connectivity index (χ2v) is 6.42. The Hall–Kier alpha value is -1.38. The van der Waals surface area contributed by atoms with E-state index in [1.807, 2.05) is 6.92 Å². The van der Waals surface area contributed by atoms with Crippen LogP contribution in [-0.4, -0.2) is 14.5 Å². The van der Waals surface area contributed by atoms with Crippen LogP contribution in [0, 0.1) is 24.2 Å². The molecule has 0 aromatic heterocycles. The van der Waals surface area contributed by atoms with Gasteiger partial charge in [-0.15, -0.1) is 0 Å². The zero-order valence-electron chi connectivity index (χ0n) is 10.3. The Morgan fingerprint density at radius 2 is 1.94 bits per heavy atom. The Morgan fingerprint density at radius 3 is 2.56 bits per heavy atom. The van der Waals surface area contributed by atoms with Crippen LogP contribution in [0.5, 0.6) is 0 Å². The maximum Gasteiger partial charge on any atom is 0.240 e. The molecule has 1 aromatic carbocycles. The molecule has 0 aliphatic heterocycles. The maximum atomic E-state index is 12.1. The van der Waals surface area contributed by atoms with E-state index >= 15 is 0 Å². The van der Waals surface area contributed by atoms with Crippen LogP contribution in [0.25, 0.3) is 0 Å². The number of nitrogens with zero attached hydrogens (tertiary/aromatic N) is 1. The molecule has 0 radical (unpaired) electrons. The third kappa shape index (κ3) is 2.71. The van der Waals surface area contributed by atoms with Crippen LogP contribution in [0.15, 0.2) is 29.2 Å². The molecule has 2 atom stereocenters. The van der Waals surface area contributed by atoms with Gasteiger partial charge in [0, 0.05) is 6.04 Å². The fourth-order valence-corrected chi connectivity index (χ4v) is 3.55. The van der Waals surface area contributed by atoms with Crippen LogP contribution >= 0.6 is 0 Å². The number of hydrogen-bond acceptors (Lipinski definition) is 3. The zero-order chi connectivity index (χ0) is 13.2. The van der Waals surface area contributed by atoms with Gasteiger partial charge < -0.3 is 0 Å². The van der Waals surface area contributed by atoms with Gasteiger partial charge in [0.15, 0.2) is 0 Å². The molecule has 0 spiro atoms. The summed E-state index contributed by atoms with van der Waals surface area (Å²) in [6.07, 6.45) is 2.42. The van der Waals surface area contributed by atoms with Gasteiger partial charge in [0.05, 0.1) is 16.9 Å². The first kappa shape index (κ1) is 13.1. The van der Waals surface area contributed by atoms with Crippen molar-refractivity contribution in [3.8, 4) is 6.07 Å². The summed E-state index contributed by atoms with van der Waals surface area (Å²) in [5.41, 5.74) is 1.02. The van der Waals surface area contributed by atoms with Gasteiger partial charge in [0.2, 0.25) is 10.0 Å². The standard InChI is InChI=1S/C13H16N2O2S/c1-10-5-7-12(8-6-10)18(16,17)15-13-4-2-3-11(13)9-14/h5-8,11,13,15H,2-4H2,1H3. The highest BCUT2D eigenvalue weighted by atomic mass is 32.2. The van der Waals surface area contributed by atoms with Gasteiger partial charge in [-0.05, 0) is 31.9 Å². The Morgan fingerprint density at radius 1 is 1.28 bits per heavy atom. The third-order valence-electron chi connectivity index (χ3n) is 3.32. The largest absolute Gasteiger partial charge is 0.240 e. The van der Waals surface area contributed by atoms with Crippen molar-refractivity contribution in [2.45, 2.75) is 37.1 Å². The van der Waals surface area contributed by atoms with Crippen LogP contribution in [0.2, 0.25) is 0 Å². The molecule has 0 saturated heterocycles. The summed E-state index contributed by atoms with van der Waals surface area (Å²) < 4.78 is 26.9. The summed E-state index contributed by atoms with van der Waals surface area (Å²) >= 11 is 0. The van der Waals surface area contributed by atoms with Gasteiger partial charge in [0.1, 0.15) is 0 Å². The van der Waals surface area contributed by atoms with Crippen LogP contribution in [0.4, 0.5) is 0 Å². The van der Waals surface area contributed by atoms with Gasteiger partial charge in [0.25, 0.3) is 0 Å². The Bertz CT molecular complexity index is 558. The zero-order valence-corrected chi connectivity index (χ0v) is 11.1. The molecule has 1 aromatic rings. The molecule has 1 saturated carbocycles. The number of nitrogens with one attached hydrogen (secondary N) is 1. The van der Waals surface area contributed by atoms with Gasteiger partial charge >= 0.3 is 0 Å². The fraction of sp³-hybridized carbons (Fsp3) is 0.462. The number of aryl methyl sites for hydroxylation is 1. The molecule has 96 valence electrons. The van der Waals surface area contributed by atoms with Crippen LogP contribution in [0.3, 0.4) is 0 Å². The quantitative estimate of drug-likeness (QED) is 0.907. The van der Waals surface area contributed by atoms with Gasteiger partial charge in [-0.3, -0.25) is 0 Å². The molecule has 1 aliphatic rings. The molecule has 5 heteroatoms. The first-order valence-corrected chi connectivity index (χ1v) is 7.50. The third-order valence-corrected chi connectivity index (χ3v) is 4.83. The molecule has 0 amide bonds. The molecule has 1 aliphatic carbocycles. The van der Waals surface area contributed by atoms with Crippen LogP contribution in [0.1, 0.15) is 24.8 Å². The highest BCUT2D eigenvalue weighted by molar-refractivity contribution is 7.89. The highest BCUT2D eigenvalue weighted by Gasteiger charge is 2.31. The smallest absolute Gasteiger partial charge is 0.207 e.